The molecule has 1 aliphatic rings. The SMILES string of the molecule is COC(=O)C1(c2ccccc2F)CC(c2ccc(Cl)cc2)=NO1. The minimum absolute atomic E-state index is 0.0717. The van der Waals surface area contributed by atoms with Gasteiger partial charge in [0, 0.05) is 10.6 Å². The first-order valence-corrected chi connectivity index (χ1v) is 7.29. The molecule has 1 unspecified atom stereocenters. The second kappa shape index (κ2) is 6.01. The van der Waals surface area contributed by atoms with Crippen molar-refractivity contribution in [2.75, 3.05) is 7.11 Å². The molecule has 0 N–H and O–H groups in total. The second-order valence-electron chi connectivity index (χ2n) is 5.11. The molecule has 0 radical (unpaired) electrons. The Morgan fingerprint density at radius 3 is 2.61 bits per heavy atom. The summed E-state index contributed by atoms with van der Waals surface area (Å²) in [5, 5.41) is 4.57. The van der Waals surface area contributed by atoms with Crippen molar-refractivity contribution in [1.82, 2.24) is 0 Å². The smallest absolute Gasteiger partial charge is 0.358 e. The van der Waals surface area contributed by atoms with E-state index < -0.39 is 17.4 Å². The van der Waals surface area contributed by atoms with Gasteiger partial charge >= 0.3 is 5.97 Å². The molecule has 1 heterocycles. The van der Waals surface area contributed by atoms with E-state index in [9.17, 15) is 9.18 Å². The third-order valence-electron chi connectivity index (χ3n) is 3.73. The molecule has 0 spiro atoms. The minimum Gasteiger partial charge on any atom is -0.466 e. The van der Waals surface area contributed by atoms with Gasteiger partial charge in [-0.3, -0.25) is 0 Å². The standard InChI is InChI=1S/C17H13ClFNO3/c1-22-16(21)17(13-4-2-3-5-14(13)19)10-15(20-23-17)11-6-8-12(18)9-7-11/h2-9H,10H2,1H3. The number of carbonyl (C=O) groups excluding carboxylic acids is 1. The van der Waals surface area contributed by atoms with Gasteiger partial charge in [0.1, 0.15) is 5.82 Å². The fraction of sp³-hybridized carbons (Fsp3) is 0.176. The van der Waals surface area contributed by atoms with Crippen molar-refractivity contribution < 1.29 is 18.8 Å². The number of ether oxygens (including phenoxy) is 1. The largest absolute Gasteiger partial charge is 0.466 e. The summed E-state index contributed by atoms with van der Waals surface area (Å²) in [5.41, 5.74) is -0.249. The molecule has 3 rings (SSSR count). The van der Waals surface area contributed by atoms with Crippen molar-refractivity contribution in [2.24, 2.45) is 5.16 Å². The number of esters is 1. The Morgan fingerprint density at radius 2 is 1.96 bits per heavy atom. The molecule has 0 fully saturated rings. The number of benzene rings is 2. The fourth-order valence-electron chi connectivity index (χ4n) is 2.55. The molecule has 0 amide bonds. The van der Waals surface area contributed by atoms with Gasteiger partial charge in [0.2, 0.25) is 0 Å². The molecular formula is C17H13ClFNO3. The zero-order valence-corrected chi connectivity index (χ0v) is 13.0. The van der Waals surface area contributed by atoms with Crippen LogP contribution in [-0.4, -0.2) is 18.8 Å². The maximum Gasteiger partial charge on any atom is 0.358 e. The molecule has 23 heavy (non-hydrogen) atoms. The van der Waals surface area contributed by atoms with E-state index in [1.54, 1.807) is 36.4 Å². The Bertz CT molecular complexity index is 776. The van der Waals surface area contributed by atoms with Gasteiger partial charge in [-0.05, 0) is 23.8 Å². The van der Waals surface area contributed by atoms with Crippen LogP contribution in [0.4, 0.5) is 4.39 Å². The Kier molecular flexibility index (Phi) is 4.05. The zero-order chi connectivity index (χ0) is 16.4. The van der Waals surface area contributed by atoms with Crippen molar-refractivity contribution in [3.63, 3.8) is 0 Å². The van der Waals surface area contributed by atoms with Crippen LogP contribution >= 0.6 is 11.6 Å². The molecule has 2 aromatic rings. The van der Waals surface area contributed by atoms with Crippen LogP contribution in [0.5, 0.6) is 0 Å². The summed E-state index contributed by atoms with van der Waals surface area (Å²) in [5.74, 6) is -1.25. The maximum atomic E-state index is 14.2. The van der Waals surface area contributed by atoms with Crippen molar-refractivity contribution in [3.05, 3.63) is 70.5 Å². The average Bonchev–Trinajstić information content (AvgIpc) is 3.01. The van der Waals surface area contributed by atoms with Gasteiger partial charge in [-0.15, -0.1) is 0 Å². The summed E-state index contributed by atoms with van der Waals surface area (Å²) >= 11 is 5.87. The molecule has 118 valence electrons. The highest BCUT2D eigenvalue weighted by Crippen LogP contribution is 2.39. The number of carbonyl (C=O) groups is 1. The quantitative estimate of drug-likeness (QED) is 0.805. The Morgan fingerprint density at radius 1 is 1.26 bits per heavy atom. The first-order valence-electron chi connectivity index (χ1n) is 6.91. The molecule has 2 aromatic carbocycles. The third-order valence-corrected chi connectivity index (χ3v) is 3.98. The van der Waals surface area contributed by atoms with E-state index in [0.717, 1.165) is 5.56 Å². The van der Waals surface area contributed by atoms with Crippen LogP contribution in [-0.2, 0) is 20.0 Å². The number of halogens is 2. The van der Waals surface area contributed by atoms with E-state index in [0.29, 0.717) is 10.7 Å². The molecule has 0 aromatic heterocycles. The average molecular weight is 334 g/mol. The van der Waals surface area contributed by atoms with Crippen LogP contribution in [0.25, 0.3) is 0 Å². The molecule has 1 aliphatic heterocycles. The second-order valence-corrected chi connectivity index (χ2v) is 5.55. The first-order chi connectivity index (χ1) is 11.1. The van der Waals surface area contributed by atoms with Crippen molar-refractivity contribution >= 4 is 23.3 Å². The number of methoxy groups -OCH3 is 1. The van der Waals surface area contributed by atoms with Crippen LogP contribution in [0.3, 0.4) is 0 Å². The van der Waals surface area contributed by atoms with E-state index in [1.165, 1.54) is 19.2 Å². The lowest BCUT2D eigenvalue weighted by Crippen LogP contribution is -2.38. The summed E-state index contributed by atoms with van der Waals surface area (Å²) in [7, 11) is 1.23. The lowest BCUT2D eigenvalue weighted by atomic mass is 9.87. The van der Waals surface area contributed by atoms with E-state index in [4.69, 9.17) is 21.2 Å². The van der Waals surface area contributed by atoms with E-state index >= 15 is 0 Å². The molecule has 0 saturated heterocycles. The molecule has 4 nitrogen and oxygen atoms in total. The number of oxime groups is 1. The van der Waals surface area contributed by atoms with Crippen molar-refractivity contribution in [1.29, 1.82) is 0 Å². The summed E-state index contributed by atoms with van der Waals surface area (Å²) < 4.78 is 19.0. The number of rotatable bonds is 3. The van der Waals surface area contributed by atoms with Gasteiger partial charge in [-0.2, -0.15) is 0 Å². The third kappa shape index (κ3) is 2.68. The number of hydrogen-bond donors (Lipinski definition) is 0. The van der Waals surface area contributed by atoms with E-state index in [1.807, 2.05) is 0 Å². The molecule has 0 bridgehead atoms. The van der Waals surface area contributed by atoms with E-state index in [-0.39, 0.29) is 12.0 Å². The van der Waals surface area contributed by atoms with Crippen LogP contribution < -0.4 is 0 Å². The maximum absolute atomic E-state index is 14.2. The summed E-state index contributed by atoms with van der Waals surface area (Å²) in [6, 6.07) is 12.9. The number of nitrogens with zero attached hydrogens (tertiary/aromatic N) is 1. The first kappa shape index (κ1) is 15.5. The van der Waals surface area contributed by atoms with Gasteiger partial charge in [-0.1, -0.05) is 47.1 Å². The molecule has 0 aliphatic carbocycles. The van der Waals surface area contributed by atoms with Crippen molar-refractivity contribution in [2.45, 2.75) is 12.0 Å². The highest BCUT2D eigenvalue weighted by molar-refractivity contribution is 6.30. The Labute approximate surface area is 137 Å². The number of hydrogen-bond acceptors (Lipinski definition) is 4. The molecule has 1 atom stereocenters. The highest BCUT2D eigenvalue weighted by Gasteiger charge is 2.51. The van der Waals surface area contributed by atoms with Gasteiger partial charge in [0.15, 0.2) is 0 Å². The summed E-state index contributed by atoms with van der Waals surface area (Å²) in [4.78, 5) is 17.7. The van der Waals surface area contributed by atoms with Crippen LogP contribution in [0.2, 0.25) is 5.02 Å². The van der Waals surface area contributed by atoms with E-state index in [2.05, 4.69) is 5.16 Å². The molecule has 0 saturated carbocycles. The zero-order valence-electron chi connectivity index (χ0n) is 12.3. The fourth-order valence-corrected chi connectivity index (χ4v) is 2.67. The summed E-state index contributed by atoms with van der Waals surface area (Å²) in [6.07, 6.45) is 0.0717. The van der Waals surface area contributed by atoms with Gasteiger partial charge in [0.25, 0.3) is 5.60 Å². The highest BCUT2D eigenvalue weighted by atomic mass is 35.5. The summed E-state index contributed by atoms with van der Waals surface area (Å²) in [6.45, 7) is 0. The van der Waals surface area contributed by atoms with Crippen molar-refractivity contribution in [3.8, 4) is 0 Å². The van der Waals surface area contributed by atoms with Crippen LogP contribution in [0.1, 0.15) is 17.5 Å². The van der Waals surface area contributed by atoms with Gasteiger partial charge in [-0.25, -0.2) is 9.18 Å². The van der Waals surface area contributed by atoms with Crippen LogP contribution in [0.15, 0.2) is 53.7 Å². The molecule has 6 heteroatoms. The topological polar surface area (TPSA) is 47.9 Å². The van der Waals surface area contributed by atoms with Gasteiger partial charge < -0.3 is 9.57 Å². The predicted molar refractivity (Wildman–Crippen MR) is 83.8 cm³/mol. The Balaban J connectivity index is 2.00. The lowest BCUT2D eigenvalue weighted by molar-refractivity contribution is -0.168. The normalized spacial score (nSPS) is 19.9. The molecular weight excluding hydrogens is 321 g/mol. The lowest BCUT2D eigenvalue weighted by Gasteiger charge is -2.24. The monoisotopic (exact) mass is 333 g/mol. The predicted octanol–water partition coefficient (Wildman–Crippen LogP) is 3.67. The van der Waals surface area contributed by atoms with Crippen LogP contribution in [0, 0.1) is 5.82 Å². The van der Waals surface area contributed by atoms with Gasteiger partial charge in [0.05, 0.1) is 19.2 Å². The minimum atomic E-state index is -1.62. The Hall–Kier alpha value is -2.40.